The lowest BCUT2D eigenvalue weighted by Crippen LogP contribution is -2.42. The van der Waals surface area contributed by atoms with E-state index in [1.54, 1.807) is 31.5 Å². The Morgan fingerprint density at radius 1 is 1.41 bits per heavy atom. The van der Waals surface area contributed by atoms with Gasteiger partial charge >= 0.3 is 5.97 Å². The highest BCUT2D eigenvalue weighted by molar-refractivity contribution is 5.83. The fourth-order valence-corrected chi connectivity index (χ4v) is 1.44. The average Bonchev–Trinajstić information content (AvgIpc) is 2.29. The summed E-state index contributed by atoms with van der Waals surface area (Å²) in [5, 5.41) is 2.58. The summed E-state index contributed by atoms with van der Waals surface area (Å²) < 4.78 is 4.91. The van der Waals surface area contributed by atoms with Crippen LogP contribution in [0.1, 0.15) is 19.4 Å². The van der Waals surface area contributed by atoms with Crippen LogP contribution in [-0.2, 0) is 20.7 Å². The molecule has 0 bridgehead atoms. The van der Waals surface area contributed by atoms with Crippen LogP contribution < -0.4 is 5.32 Å². The second kappa shape index (κ2) is 6.62. The topological polar surface area (TPSA) is 68.3 Å². The van der Waals surface area contributed by atoms with Crippen LogP contribution in [0.2, 0.25) is 0 Å². The third-order valence-electron chi connectivity index (χ3n) is 2.14. The maximum absolute atomic E-state index is 11.6. The number of rotatable bonds is 5. The lowest BCUT2D eigenvalue weighted by molar-refractivity contribution is -0.147. The van der Waals surface area contributed by atoms with E-state index in [-0.39, 0.29) is 5.91 Å². The number of hydrogen-bond donors (Lipinski definition) is 1. The third kappa shape index (κ3) is 4.63. The van der Waals surface area contributed by atoms with E-state index in [1.807, 2.05) is 0 Å². The van der Waals surface area contributed by atoms with Gasteiger partial charge < -0.3 is 10.1 Å². The van der Waals surface area contributed by atoms with Gasteiger partial charge in [-0.15, -0.1) is 0 Å². The van der Waals surface area contributed by atoms with Crippen molar-refractivity contribution in [2.75, 3.05) is 6.61 Å². The molecule has 0 spiro atoms. The van der Waals surface area contributed by atoms with Crippen LogP contribution in [0.4, 0.5) is 0 Å². The van der Waals surface area contributed by atoms with Crippen LogP contribution in [0.3, 0.4) is 0 Å². The number of aromatic nitrogens is 1. The molecule has 92 valence electrons. The Kier molecular flexibility index (Phi) is 5.13. The number of esters is 1. The molecule has 0 aliphatic carbocycles. The standard InChI is InChI=1S/C12H16N2O3/c1-3-17-12(16)11(14-9(2)15)8-10-4-6-13-7-5-10/h4-7,11H,3,8H2,1-2H3,(H,14,15). The Balaban J connectivity index is 2.70. The van der Waals surface area contributed by atoms with Crippen molar-refractivity contribution in [2.45, 2.75) is 26.3 Å². The molecule has 1 amide bonds. The molecule has 5 heteroatoms. The number of carbonyl (C=O) groups excluding carboxylic acids is 2. The summed E-state index contributed by atoms with van der Waals surface area (Å²) in [4.78, 5) is 26.5. The van der Waals surface area contributed by atoms with E-state index in [4.69, 9.17) is 4.74 Å². The summed E-state index contributed by atoms with van der Waals surface area (Å²) in [6.45, 7) is 3.40. The molecule has 5 nitrogen and oxygen atoms in total. The van der Waals surface area contributed by atoms with E-state index < -0.39 is 12.0 Å². The van der Waals surface area contributed by atoms with Gasteiger partial charge in [0, 0.05) is 25.7 Å². The van der Waals surface area contributed by atoms with Gasteiger partial charge in [-0.1, -0.05) is 0 Å². The molecular formula is C12H16N2O3. The smallest absolute Gasteiger partial charge is 0.328 e. The molecule has 1 aromatic heterocycles. The summed E-state index contributed by atoms with van der Waals surface area (Å²) in [5.74, 6) is -0.670. The predicted molar refractivity (Wildman–Crippen MR) is 62.2 cm³/mol. The van der Waals surface area contributed by atoms with Crippen molar-refractivity contribution in [1.82, 2.24) is 10.3 Å². The highest BCUT2D eigenvalue weighted by Crippen LogP contribution is 2.03. The number of carbonyl (C=O) groups is 2. The summed E-state index contributed by atoms with van der Waals surface area (Å²) in [6.07, 6.45) is 3.69. The van der Waals surface area contributed by atoms with Crippen molar-refractivity contribution in [3.8, 4) is 0 Å². The monoisotopic (exact) mass is 236 g/mol. The van der Waals surface area contributed by atoms with Gasteiger partial charge in [0.25, 0.3) is 0 Å². The van der Waals surface area contributed by atoms with Gasteiger partial charge in [-0.25, -0.2) is 4.79 Å². The summed E-state index contributed by atoms with van der Waals surface area (Å²) in [5.41, 5.74) is 0.923. The van der Waals surface area contributed by atoms with Crippen LogP contribution in [0.5, 0.6) is 0 Å². The molecule has 1 rings (SSSR count). The van der Waals surface area contributed by atoms with Gasteiger partial charge in [0.2, 0.25) is 5.91 Å². The van der Waals surface area contributed by atoms with Gasteiger partial charge in [0.05, 0.1) is 6.61 Å². The lowest BCUT2D eigenvalue weighted by atomic mass is 10.1. The quantitative estimate of drug-likeness (QED) is 0.764. The molecule has 1 heterocycles. The van der Waals surface area contributed by atoms with Gasteiger partial charge in [0.15, 0.2) is 0 Å². The number of nitrogens with zero attached hydrogens (tertiary/aromatic N) is 1. The van der Waals surface area contributed by atoms with Crippen LogP contribution in [0.25, 0.3) is 0 Å². The number of pyridine rings is 1. The number of ether oxygens (including phenoxy) is 1. The summed E-state index contributed by atoms with van der Waals surface area (Å²) in [7, 11) is 0. The summed E-state index contributed by atoms with van der Waals surface area (Å²) >= 11 is 0. The van der Waals surface area contributed by atoms with E-state index in [0.29, 0.717) is 13.0 Å². The van der Waals surface area contributed by atoms with Crippen LogP contribution >= 0.6 is 0 Å². The molecule has 0 radical (unpaired) electrons. The van der Waals surface area contributed by atoms with E-state index in [1.165, 1.54) is 6.92 Å². The first-order valence-corrected chi connectivity index (χ1v) is 5.46. The van der Waals surface area contributed by atoms with Crippen molar-refractivity contribution in [3.63, 3.8) is 0 Å². The van der Waals surface area contributed by atoms with Crippen molar-refractivity contribution in [2.24, 2.45) is 0 Å². The third-order valence-corrected chi connectivity index (χ3v) is 2.14. The molecule has 17 heavy (non-hydrogen) atoms. The SMILES string of the molecule is CCOC(=O)C(Cc1ccncc1)NC(C)=O. The fourth-order valence-electron chi connectivity index (χ4n) is 1.44. The van der Waals surface area contributed by atoms with E-state index in [0.717, 1.165) is 5.56 Å². The first-order valence-electron chi connectivity index (χ1n) is 5.46. The van der Waals surface area contributed by atoms with E-state index in [2.05, 4.69) is 10.3 Å². The van der Waals surface area contributed by atoms with Crippen molar-refractivity contribution < 1.29 is 14.3 Å². The zero-order valence-electron chi connectivity index (χ0n) is 9.97. The van der Waals surface area contributed by atoms with E-state index >= 15 is 0 Å². The highest BCUT2D eigenvalue weighted by Gasteiger charge is 2.20. The Morgan fingerprint density at radius 3 is 2.59 bits per heavy atom. The normalized spacial score (nSPS) is 11.6. The molecule has 1 N–H and O–H groups in total. The molecule has 0 saturated heterocycles. The summed E-state index contributed by atoms with van der Waals surface area (Å²) in [6, 6.07) is 2.96. The first-order chi connectivity index (χ1) is 8.13. The maximum atomic E-state index is 11.6. The highest BCUT2D eigenvalue weighted by atomic mass is 16.5. The maximum Gasteiger partial charge on any atom is 0.328 e. The molecule has 0 fully saturated rings. The number of nitrogens with one attached hydrogen (secondary N) is 1. The number of amides is 1. The minimum atomic E-state index is -0.644. The predicted octanol–water partition coefficient (Wildman–Crippen LogP) is 0.692. The molecule has 1 aromatic rings. The Morgan fingerprint density at radius 2 is 2.06 bits per heavy atom. The van der Waals surface area contributed by atoms with Crippen LogP contribution in [-0.4, -0.2) is 29.5 Å². The van der Waals surface area contributed by atoms with Crippen LogP contribution in [0, 0.1) is 0 Å². The lowest BCUT2D eigenvalue weighted by Gasteiger charge is -2.16. The Labute approximate surface area is 100 Å². The molecule has 0 aliphatic heterocycles. The molecule has 0 aromatic carbocycles. The molecule has 0 saturated carbocycles. The Hall–Kier alpha value is -1.91. The van der Waals surface area contributed by atoms with Crippen LogP contribution in [0.15, 0.2) is 24.5 Å². The second-order valence-corrected chi connectivity index (χ2v) is 3.56. The van der Waals surface area contributed by atoms with Crippen molar-refractivity contribution in [1.29, 1.82) is 0 Å². The second-order valence-electron chi connectivity index (χ2n) is 3.56. The molecule has 0 aliphatic rings. The largest absolute Gasteiger partial charge is 0.464 e. The minimum Gasteiger partial charge on any atom is -0.464 e. The number of hydrogen-bond acceptors (Lipinski definition) is 4. The minimum absolute atomic E-state index is 0.253. The zero-order valence-corrected chi connectivity index (χ0v) is 9.97. The van der Waals surface area contributed by atoms with Gasteiger partial charge in [0.1, 0.15) is 6.04 Å². The van der Waals surface area contributed by atoms with E-state index in [9.17, 15) is 9.59 Å². The van der Waals surface area contributed by atoms with Gasteiger partial charge in [-0.3, -0.25) is 9.78 Å². The average molecular weight is 236 g/mol. The molecule has 1 atom stereocenters. The Bertz CT molecular complexity index is 379. The molecular weight excluding hydrogens is 220 g/mol. The fraction of sp³-hybridized carbons (Fsp3) is 0.417. The first kappa shape index (κ1) is 13.2. The van der Waals surface area contributed by atoms with Gasteiger partial charge in [-0.05, 0) is 24.6 Å². The zero-order chi connectivity index (χ0) is 12.7. The van der Waals surface area contributed by atoms with Crippen molar-refractivity contribution in [3.05, 3.63) is 30.1 Å². The van der Waals surface area contributed by atoms with Gasteiger partial charge in [-0.2, -0.15) is 0 Å². The van der Waals surface area contributed by atoms with Crippen molar-refractivity contribution >= 4 is 11.9 Å². The molecule has 1 unspecified atom stereocenters.